The number of Topliss-reactive ketones (excluding diaryl/α,β-unsaturated/α-hetero) is 1. The molecule has 6 heteroatoms. The lowest BCUT2D eigenvalue weighted by atomic mass is 9.56. The van der Waals surface area contributed by atoms with Crippen LogP contribution in [0, 0.1) is 11.8 Å². The summed E-state index contributed by atoms with van der Waals surface area (Å²) in [4.78, 5) is 40.8. The molecule has 2 fully saturated rings. The first-order valence-electron chi connectivity index (χ1n) is 9.28. The van der Waals surface area contributed by atoms with Crippen molar-refractivity contribution in [1.82, 2.24) is 0 Å². The fraction of sp³-hybridized carbons (Fsp3) is 0.318. The number of amides is 2. The highest BCUT2D eigenvalue weighted by Crippen LogP contribution is 2.58. The summed E-state index contributed by atoms with van der Waals surface area (Å²) >= 11 is 0. The van der Waals surface area contributed by atoms with Crippen molar-refractivity contribution in [3.05, 3.63) is 53.6 Å². The maximum absolute atomic E-state index is 13.4. The number of hydrogen-bond donors (Lipinski definition) is 0. The van der Waals surface area contributed by atoms with Gasteiger partial charge in [-0.3, -0.25) is 14.4 Å². The SMILES string of the molecule is COc1ccc(OC)c(N2C(=O)[C@@H]3[C@@H](C2=O)[C@@H]2C(=O)C[C@@H]3c3ccccc32)c1. The maximum atomic E-state index is 13.4. The van der Waals surface area contributed by atoms with Gasteiger partial charge in [0.05, 0.1) is 37.7 Å². The van der Waals surface area contributed by atoms with Crippen molar-refractivity contribution in [2.75, 3.05) is 19.1 Å². The van der Waals surface area contributed by atoms with Crippen molar-refractivity contribution in [2.24, 2.45) is 11.8 Å². The van der Waals surface area contributed by atoms with E-state index in [1.54, 1.807) is 18.2 Å². The van der Waals surface area contributed by atoms with E-state index < -0.39 is 17.8 Å². The fourth-order valence-corrected chi connectivity index (χ4v) is 5.17. The van der Waals surface area contributed by atoms with Crippen molar-refractivity contribution < 1.29 is 23.9 Å². The molecule has 4 aliphatic rings. The zero-order valence-corrected chi connectivity index (χ0v) is 15.5. The van der Waals surface area contributed by atoms with Gasteiger partial charge in [0.25, 0.3) is 0 Å². The Morgan fingerprint density at radius 1 is 0.893 bits per heavy atom. The summed E-state index contributed by atoms with van der Waals surface area (Å²) in [5, 5.41) is 0. The number of carbonyl (C=O) groups is 3. The average Bonchev–Trinajstić information content (AvgIpc) is 2.99. The monoisotopic (exact) mass is 377 g/mol. The molecule has 1 saturated heterocycles. The van der Waals surface area contributed by atoms with Crippen LogP contribution in [0.3, 0.4) is 0 Å². The van der Waals surface area contributed by atoms with E-state index in [9.17, 15) is 14.4 Å². The molecule has 2 amide bonds. The molecule has 2 bridgehead atoms. The van der Waals surface area contributed by atoms with Crippen LogP contribution in [0.4, 0.5) is 5.69 Å². The van der Waals surface area contributed by atoms with E-state index in [0.717, 1.165) is 11.1 Å². The molecule has 6 rings (SSSR count). The lowest BCUT2D eigenvalue weighted by Crippen LogP contribution is -2.44. The molecule has 28 heavy (non-hydrogen) atoms. The first kappa shape index (κ1) is 17.0. The lowest BCUT2D eigenvalue weighted by Gasteiger charge is -2.43. The predicted octanol–water partition coefficient (Wildman–Crippen LogP) is 2.66. The number of ketones is 1. The van der Waals surface area contributed by atoms with Crippen LogP contribution < -0.4 is 14.4 Å². The van der Waals surface area contributed by atoms with Gasteiger partial charge in [-0.05, 0) is 23.3 Å². The second kappa shape index (κ2) is 5.92. The highest BCUT2D eigenvalue weighted by molar-refractivity contribution is 6.25. The summed E-state index contributed by atoms with van der Waals surface area (Å²) in [6.07, 6.45) is 0.310. The van der Waals surface area contributed by atoms with E-state index in [4.69, 9.17) is 9.47 Å². The fourth-order valence-electron chi connectivity index (χ4n) is 5.17. The molecule has 3 aliphatic carbocycles. The van der Waals surface area contributed by atoms with Crippen molar-refractivity contribution in [2.45, 2.75) is 18.3 Å². The third-order valence-electron chi connectivity index (χ3n) is 6.32. The second-order valence-electron chi connectivity index (χ2n) is 7.48. The Bertz CT molecular complexity index is 1030. The molecule has 1 saturated carbocycles. The van der Waals surface area contributed by atoms with Crippen LogP contribution >= 0.6 is 0 Å². The Morgan fingerprint density at radius 3 is 2.32 bits per heavy atom. The zero-order chi connectivity index (χ0) is 19.6. The van der Waals surface area contributed by atoms with Gasteiger partial charge in [-0.2, -0.15) is 0 Å². The highest BCUT2D eigenvalue weighted by Gasteiger charge is 2.63. The van der Waals surface area contributed by atoms with Gasteiger partial charge in [0.2, 0.25) is 11.8 Å². The van der Waals surface area contributed by atoms with Gasteiger partial charge in [0, 0.05) is 18.4 Å². The van der Waals surface area contributed by atoms with E-state index in [1.807, 2.05) is 24.3 Å². The summed E-state index contributed by atoms with van der Waals surface area (Å²) in [6.45, 7) is 0. The molecule has 1 heterocycles. The van der Waals surface area contributed by atoms with Crippen molar-refractivity contribution in [3.63, 3.8) is 0 Å². The molecular formula is C22H19NO5. The Kier molecular flexibility index (Phi) is 3.59. The number of ether oxygens (including phenoxy) is 2. The number of nitrogens with zero attached hydrogens (tertiary/aromatic N) is 1. The van der Waals surface area contributed by atoms with Crippen LogP contribution in [0.25, 0.3) is 0 Å². The number of hydrogen-bond acceptors (Lipinski definition) is 5. The van der Waals surface area contributed by atoms with E-state index in [1.165, 1.54) is 19.1 Å². The number of carbonyl (C=O) groups excluding carboxylic acids is 3. The molecule has 0 N–H and O–H groups in total. The summed E-state index contributed by atoms with van der Waals surface area (Å²) < 4.78 is 10.7. The van der Waals surface area contributed by atoms with Gasteiger partial charge in [0.1, 0.15) is 17.3 Å². The van der Waals surface area contributed by atoms with Crippen LogP contribution in [-0.4, -0.2) is 31.8 Å². The van der Waals surface area contributed by atoms with Gasteiger partial charge in [-0.1, -0.05) is 24.3 Å². The number of fused-ring (bicyclic) bond motifs is 1. The highest BCUT2D eigenvalue weighted by atomic mass is 16.5. The summed E-state index contributed by atoms with van der Waals surface area (Å²) in [5.74, 6) is -1.58. The second-order valence-corrected chi connectivity index (χ2v) is 7.48. The smallest absolute Gasteiger partial charge is 0.238 e. The molecule has 4 atom stereocenters. The molecule has 6 nitrogen and oxygen atoms in total. The average molecular weight is 377 g/mol. The Balaban J connectivity index is 1.65. The molecule has 0 unspecified atom stereocenters. The number of methoxy groups -OCH3 is 2. The van der Waals surface area contributed by atoms with Gasteiger partial charge >= 0.3 is 0 Å². The number of anilines is 1. The summed E-state index contributed by atoms with van der Waals surface area (Å²) in [6, 6.07) is 12.7. The van der Waals surface area contributed by atoms with Crippen LogP contribution in [0.2, 0.25) is 0 Å². The molecule has 142 valence electrons. The minimum atomic E-state index is -0.649. The van der Waals surface area contributed by atoms with Crippen LogP contribution in [-0.2, 0) is 14.4 Å². The van der Waals surface area contributed by atoms with Crippen LogP contribution in [0.5, 0.6) is 11.5 Å². The summed E-state index contributed by atoms with van der Waals surface area (Å²) in [5.41, 5.74) is 2.28. The van der Waals surface area contributed by atoms with E-state index >= 15 is 0 Å². The molecule has 2 aromatic carbocycles. The van der Waals surface area contributed by atoms with Crippen molar-refractivity contribution in [1.29, 1.82) is 0 Å². The van der Waals surface area contributed by atoms with Gasteiger partial charge in [-0.25, -0.2) is 4.90 Å². The lowest BCUT2D eigenvalue weighted by molar-refractivity contribution is -0.134. The Morgan fingerprint density at radius 2 is 1.61 bits per heavy atom. The maximum Gasteiger partial charge on any atom is 0.238 e. The standard InChI is InChI=1S/C22H19NO5/c1-27-11-7-8-17(28-2)15(9-11)23-21(25)19-14-10-16(24)18(20(19)22(23)26)13-6-4-3-5-12(13)14/h3-9,14,18-20H,10H2,1-2H3/t14-,18+,19+,20+/m1/s1. The topological polar surface area (TPSA) is 72.9 Å². The van der Waals surface area contributed by atoms with Gasteiger partial charge < -0.3 is 9.47 Å². The first-order valence-corrected chi connectivity index (χ1v) is 9.28. The van der Waals surface area contributed by atoms with Crippen LogP contribution in [0.15, 0.2) is 42.5 Å². The predicted molar refractivity (Wildman–Crippen MR) is 101 cm³/mol. The molecule has 0 spiro atoms. The van der Waals surface area contributed by atoms with Crippen molar-refractivity contribution >= 4 is 23.3 Å². The largest absolute Gasteiger partial charge is 0.497 e. The van der Waals surface area contributed by atoms with Crippen molar-refractivity contribution in [3.8, 4) is 11.5 Å². The molecule has 0 aromatic heterocycles. The number of imide groups is 1. The number of benzene rings is 2. The van der Waals surface area contributed by atoms with Gasteiger partial charge in [-0.15, -0.1) is 0 Å². The van der Waals surface area contributed by atoms with E-state index in [2.05, 4.69) is 0 Å². The molecule has 0 radical (unpaired) electrons. The van der Waals surface area contributed by atoms with Gasteiger partial charge in [0.15, 0.2) is 0 Å². The minimum absolute atomic E-state index is 0.0468. The molecule has 1 aliphatic heterocycles. The molecule has 2 aromatic rings. The normalized spacial score (nSPS) is 27.6. The van der Waals surface area contributed by atoms with E-state index in [0.29, 0.717) is 23.6 Å². The van der Waals surface area contributed by atoms with E-state index in [-0.39, 0.29) is 23.5 Å². The quantitative estimate of drug-likeness (QED) is 0.769. The molecular weight excluding hydrogens is 358 g/mol. The minimum Gasteiger partial charge on any atom is -0.497 e. The third kappa shape index (κ3) is 2.06. The zero-order valence-electron chi connectivity index (χ0n) is 15.5. The first-order chi connectivity index (χ1) is 13.6. The summed E-state index contributed by atoms with van der Waals surface area (Å²) in [7, 11) is 3.01. The Hall–Kier alpha value is -3.15. The third-order valence-corrected chi connectivity index (χ3v) is 6.32. The number of rotatable bonds is 3. The van der Waals surface area contributed by atoms with Crippen LogP contribution in [0.1, 0.15) is 29.4 Å². The Labute approximate surface area is 162 Å².